The van der Waals surface area contributed by atoms with E-state index >= 15 is 0 Å². The molecule has 4 rings (SSSR count). The molecule has 2 aromatic heterocycles. The number of nitrogens with zero attached hydrogens (tertiary/aromatic N) is 2. The molecular formula is C22H23N3O3S. The molecular weight excluding hydrogens is 386 g/mol. The third kappa shape index (κ3) is 4.81. The molecule has 0 amide bonds. The quantitative estimate of drug-likeness (QED) is 0.549. The second-order valence-electron chi connectivity index (χ2n) is 7.24. The van der Waals surface area contributed by atoms with Crippen molar-refractivity contribution in [3.05, 3.63) is 70.3 Å². The summed E-state index contributed by atoms with van der Waals surface area (Å²) in [7, 11) is 0. The van der Waals surface area contributed by atoms with Crippen LogP contribution >= 0.6 is 11.3 Å². The second-order valence-corrected chi connectivity index (χ2v) is 8.15. The Morgan fingerprint density at radius 2 is 2.14 bits per heavy atom. The van der Waals surface area contributed by atoms with Crippen LogP contribution in [0.3, 0.4) is 0 Å². The minimum Gasteiger partial charge on any atom is -0.489 e. The highest BCUT2D eigenvalue weighted by Gasteiger charge is 2.26. The van der Waals surface area contributed by atoms with Crippen molar-refractivity contribution in [3.63, 3.8) is 0 Å². The largest absolute Gasteiger partial charge is 0.489 e. The van der Waals surface area contributed by atoms with Crippen LogP contribution in [0.5, 0.6) is 5.75 Å². The summed E-state index contributed by atoms with van der Waals surface area (Å²) in [5.41, 5.74) is 1.42. The number of ketones is 1. The van der Waals surface area contributed by atoms with Gasteiger partial charge in [0.05, 0.1) is 10.4 Å². The van der Waals surface area contributed by atoms with Gasteiger partial charge in [-0.1, -0.05) is 18.2 Å². The number of carbonyl (C=O) groups is 1. The van der Waals surface area contributed by atoms with Gasteiger partial charge in [0.15, 0.2) is 0 Å². The third-order valence-corrected chi connectivity index (χ3v) is 6.10. The van der Waals surface area contributed by atoms with Crippen molar-refractivity contribution in [2.45, 2.75) is 31.9 Å². The highest BCUT2D eigenvalue weighted by molar-refractivity contribution is 7.12. The number of carbonyl (C=O) groups excluding carboxylic acids is 1. The summed E-state index contributed by atoms with van der Waals surface area (Å²) >= 11 is 1.40. The van der Waals surface area contributed by atoms with Gasteiger partial charge < -0.3 is 15.2 Å². The summed E-state index contributed by atoms with van der Waals surface area (Å²) in [5.74, 6) is 1.58. The number of aliphatic hydroxyl groups excluding tert-OH is 1. The molecule has 0 saturated heterocycles. The molecule has 29 heavy (non-hydrogen) atoms. The van der Waals surface area contributed by atoms with E-state index in [0.717, 1.165) is 30.6 Å². The normalized spacial score (nSPS) is 18.5. The molecule has 2 N–H and O–H groups in total. The number of para-hydroxylation sites is 1. The number of ether oxygens (including phenoxy) is 1. The van der Waals surface area contributed by atoms with Gasteiger partial charge in [0.1, 0.15) is 24.5 Å². The molecule has 2 unspecified atom stereocenters. The van der Waals surface area contributed by atoms with Crippen molar-refractivity contribution in [2.75, 3.05) is 11.9 Å². The van der Waals surface area contributed by atoms with Crippen LogP contribution in [0.4, 0.5) is 5.82 Å². The standard InChI is InChI=1S/C22H23N3O3S/c26-11-15-6-7-17(8-15)25-22-19(10-23-14-24-22)21(27)20-9-16(13-29-20)12-28-18-4-2-1-3-5-18/h1-5,9-10,13-15,17,26H,6-8,11-12H2,(H,23,24,25). The van der Waals surface area contributed by atoms with Crippen LogP contribution in [0.1, 0.15) is 40.1 Å². The van der Waals surface area contributed by atoms with Gasteiger partial charge in [-0.3, -0.25) is 4.79 Å². The van der Waals surface area contributed by atoms with E-state index in [1.165, 1.54) is 17.7 Å². The zero-order chi connectivity index (χ0) is 20.1. The summed E-state index contributed by atoms with van der Waals surface area (Å²) in [6.45, 7) is 0.617. The number of aromatic nitrogens is 2. The number of rotatable bonds is 8. The lowest BCUT2D eigenvalue weighted by atomic mass is 10.1. The molecule has 1 fully saturated rings. The number of anilines is 1. The highest BCUT2D eigenvalue weighted by Crippen LogP contribution is 2.29. The molecule has 1 aliphatic rings. The fourth-order valence-corrected chi connectivity index (χ4v) is 4.41. The number of nitrogens with one attached hydrogen (secondary N) is 1. The van der Waals surface area contributed by atoms with E-state index < -0.39 is 0 Å². The molecule has 1 aromatic carbocycles. The highest BCUT2D eigenvalue weighted by atomic mass is 32.1. The summed E-state index contributed by atoms with van der Waals surface area (Å²) in [6.07, 6.45) is 5.84. The Morgan fingerprint density at radius 3 is 2.93 bits per heavy atom. The molecule has 7 heteroatoms. The molecule has 0 aliphatic heterocycles. The van der Waals surface area contributed by atoms with Crippen LogP contribution in [-0.2, 0) is 6.61 Å². The van der Waals surface area contributed by atoms with Gasteiger partial charge in [-0.05, 0) is 48.8 Å². The first-order valence-corrected chi connectivity index (χ1v) is 10.6. The first kappa shape index (κ1) is 19.5. The summed E-state index contributed by atoms with van der Waals surface area (Å²) < 4.78 is 5.76. The van der Waals surface area contributed by atoms with E-state index in [1.807, 2.05) is 41.8 Å². The number of hydrogen-bond acceptors (Lipinski definition) is 7. The lowest BCUT2D eigenvalue weighted by molar-refractivity contribution is 0.104. The second kappa shape index (κ2) is 9.15. The van der Waals surface area contributed by atoms with E-state index in [0.29, 0.717) is 28.8 Å². The van der Waals surface area contributed by atoms with Crippen molar-refractivity contribution >= 4 is 22.9 Å². The molecule has 2 atom stereocenters. The molecule has 0 bridgehead atoms. The lowest BCUT2D eigenvalue weighted by Crippen LogP contribution is -2.19. The van der Waals surface area contributed by atoms with Crippen LogP contribution < -0.4 is 10.1 Å². The van der Waals surface area contributed by atoms with E-state index in [-0.39, 0.29) is 18.4 Å². The first-order valence-electron chi connectivity index (χ1n) is 9.70. The van der Waals surface area contributed by atoms with Gasteiger partial charge in [-0.25, -0.2) is 9.97 Å². The maximum atomic E-state index is 13.1. The maximum absolute atomic E-state index is 13.1. The van der Waals surface area contributed by atoms with Crippen LogP contribution in [-0.4, -0.2) is 33.5 Å². The molecule has 2 heterocycles. The average molecular weight is 410 g/mol. The molecule has 1 saturated carbocycles. The Hall–Kier alpha value is -2.77. The average Bonchev–Trinajstić information content (AvgIpc) is 3.42. The third-order valence-electron chi connectivity index (χ3n) is 5.12. The van der Waals surface area contributed by atoms with Crippen molar-refractivity contribution in [3.8, 4) is 5.75 Å². The fourth-order valence-electron chi connectivity index (χ4n) is 3.56. The Bertz CT molecular complexity index is 961. The molecule has 1 aliphatic carbocycles. The van der Waals surface area contributed by atoms with E-state index in [9.17, 15) is 9.90 Å². The van der Waals surface area contributed by atoms with E-state index in [4.69, 9.17) is 4.74 Å². The smallest absolute Gasteiger partial charge is 0.208 e. The Labute approximate surface area is 173 Å². The Kier molecular flexibility index (Phi) is 6.17. The van der Waals surface area contributed by atoms with Crippen molar-refractivity contribution < 1.29 is 14.6 Å². The van der Waals surface area contributed by atoms with Crippen LogP contribution in [0.25, 0.3) is 0 Å². The number of hydrogen-bond donors (Lipinski definition) is 2. The van der Waals surface area contributed by atoms with Gasteiger partial charge in [0, 0.05) is 24.4 Å². The van der Waals surface area contributed by atoms with Crippen molar-refractivity contribution in [2.24, 2.45) is 5.92 Å². The van der Waals surface area contributed by atoms with Crippen LogP contribution in [0.15, 0.2) is 54.3 Å². The zero-order valence-electron chi connectivity index (χ0n) is 16.0. The monoisotopic (exact) mass is 409 g/mol. The minimum absolute atomic E-state index is 0.0965. The van der Waals surface area contributed by atoms with Crippen LogP contribution in [0.2, 0.25) is 0 Å². The number of aliphatic hydroxyl groups is 1. The number of thiophene rings is 1. The molecule has 0 radical (unpaired) electrons. The van der Waals surface area contributed by atoms with Gasteiger partial charge in [-0.2, -0.15) is 0 Å². The molecule has 0 spiro atoms. The fraction of sp³-hybridized carbons (Fsp3) is 0.318. The zero-order valence-corrected chi connectivity index (χ0v) is 16.8. The van der Waals surface area contributed by atoms with Crippen molar-refractivity contribution in [1.29, 1.82) is 0 Å². The summed E-state index contributed by atoms with van der Waals surface area (Å²) in [4.78, 5) is 22.0. The predicted molar refractivity (Wildman–Crippen MR) is 112 cm³/mol. The van der Waals surface area contributed by atoms with Gasteiger partial charge in [0.2, 0.25) is 5.78 Å². The van der Waals surface area contributed by atoms with Crippen LogP contribution in [0, 0.1) is 5.92 Å². The predicted octanol–water partition coefficient (Wildman–Crippen LogP) is 3.92. The molecule has 6 nitrogen and oxygen atoms in total. The SMILES string of the molecule is O=C(c1cc(COc2ccccc2)cs1)c1cncnc1NC1CCC(CO)C1. The topological polar surface area (TPSA) is 84.3 Å². The molecule has 150 valence electrons. The maximum Gasteiger partial charge on any atom is 0.208 e. The minimum atomic E-state index is -0.0965. The summed E-state index contributed by atoms with van der Waals surface area (Å²) in [6, 6.07) is 11.7. The number of benzene rings is 1. The first-order chi connectivity index (χ1) is 14.2. The molecule has 3 aromatic rings. The van der Waals surface area contributed by atoms with E-state index in [2.05, 4.69) is 15.3 Å². The van der Waals surface area contributed by atoms with Gasteiger partial charge in [0.25, 0.3) is 0 Å². The lowest BCUT2D eigenvalue weighted by Gasteiger charge is -2.15. The Morgan fingerprint density at radius 1 is 1.28 bits per heavy atom. The van der Waals surface area contributed by atoms with Gasteiger partial charge in [-0.15, -0.1) is 11.3 Å². The summed E-state index contributed by atoms with van der Waals surface area (Å²) in [5, 5.41) is 14.7. The van der Waals surface area contributed by atoms with E-state index in [1.54, 1.807) is 6.20 Å². The Balaban J connectivity index is 1.44. The van der Waals surface area contributed by atoms with Crippen molar-refractivity contribution in [1.82, 2.24) is 9.97 Å². The van der Waals surface area contributed by atoms with Gasteiger partial charge >= 0.3 is 0 Å².